The lowest BCUT2D eigenvalue weighted by molar-refractivity contribution is -0.890. The predicted molar refractivity (Wildman–Crippen MR) is 93.2 cm³/mol. The summed E-state index contributed by atoms with van der Waals surface area (Å²) in [5, 5.41) is 8.64. The normalized spacial score (nSPS) is 11.5. The number of unbranched alkanes of at least 4 members (excludes halogenated alkanes) is 11. The molecule has 0 aliphatic rings. The van der Waals surface area contributed by atoms with E-state index in [1.54, 1.807) is 0 Å². The van der Waals surface area contributed by atoms with Crippen molar-refractivity contribution >= 4 is 0 Å². The van der Waals surface area contributed by atoms with Crippen LogP contribution in [-0.2, 0) is 0 Å². The smallest absolute Gasteiger partial charge is 0.0914 e. The Labute approximate surface area is 134 Å². The molecule has 21 heavy (non-hydrogen) atoms. The van der Waals surface area contributed by atoms with E-state index in [4.69, 9.17) is 5.26 Å². The summed E-state index contributed by atoms with van der Waals surface area (Å²) in [6.45, 7) is 4.50. The van der Waals surface area contributed by atoms with Crippen LogP contribution in [0.25, 0.3) is 0 Å². The van der Waals surface area contributed by atoms with Gasteiger partial charge >= 0.3 is 0 Å². The van der Waals surface area contributed by atoms with E-state index in [-0.39, 0.29) is 0 Å². The van der Waals surface area contributed by atoms with Crippen LogP contribution in [0.15, 0.2) is 0 Å². The summed E-state index contributed by atoms with van der Waals surface area (Å²) >= 11 is 0. The first-order valence-electron chi connectivity index (χ1n) is 9.31. The maximum atomic E-state index is 8.64. The van der Waals surface area contributed by atoms with Gasteiger partial charge in [0.25, 0.3) is 0 Å². The van der Waals surface area contributed by atoms with Crippen LogP contribution in [0.3, 0.4) is 0 Å². The van der Waals surface area contributed by atoms with Gasteiger partial charge in [0, 0.05) is 0 Å². The topological polar surface area (TPSA) is 23.8 Å². The molecule has 0 aliphatic carbocycles. The van der Waals surface area contributed by atoms with E-state index < -0.39 is 0 Å². The van der Waals surface area contributed by atoms with Gasteiger partial charge in [0.2, 0.25) is 0 Å². The molecule has 0 radical (unpaired) electrons. The van der Waals surface area contributed by atoms with Crippen LogP contribution in [0.4, 0.5) is 0 Å². The van der Waals surface area contributed by atoms with Gasteiger partial charge < -0.3 is 4.48 Å². The molecule has 2 nitrogen and oxygen atoms in total. The first-order valence-corrected chi connectivity index (χ1v) is 9.31. The second-order valence-electron chi connectivity index (χ2n) is 7.18. The molecule has 0 aromatic carbocycles. The van der Waals surface area contributed by atoms with Crippen LogP contribution < -0.4 is 0 Å². The van der Waals surface area contributed by atoms with Gasteiger partial charge in [-0.2, -0.15) is 5.26 Å². The van der Waals surface area contributed by atoms with Crippen LogP contribution in [0.2, 0.25) is 0 Å². The van der Waals surface area contributed by atoms with E-state index in [1.807, 2.05) is 0 Å². The molecule has 0 bridgehead atoms. The van der Waals surface area contributed by atoms with Crippen molar-refractivity contribution in [2.24, 2.45) is 0 Å². The highest BCUT2D eigenvalue weighted by Gasteiger charge is 2.13. The molecule has 0 fully saturated rings. The van der Waals surface area contributed by atoms with Gasteiger partial charge in [0.05, 0.1) is 39.7 Å². The summed E-state index contributed by atoms with van der Waals surface area (Å²) in [6, 6.07) is 2.25. The first-order chi connectivity index (χ1) is 10.1. The minimum Gasteiger partial charge on any atom is -0.328 e. The zero-order valence-corrected chi connectivity index (χ0v) is 15.0. The molecule has 0 aliphatic heterocycles. The van der Waals surface area contributed by atoms with E-state index >= 15 is 0 Å². The average Bonchev–Trinajstić information content (AvgIpc) is 2.46. The Morgan fingerprint density at radius 3 is 1.52 bits per heavy atom. The highest BCUT2D eigenvalue weighted by Crippen LogP contribution is 2.12. The van der Waals surface area contributed by atoms with Gasteiger partial charge in [-0.15, -0.1) is 0 Å². The molecule has 0 saturated carbocycles. The summed E-state index contributed by atoms with van der Waals surface area (Å²) < 4.78 is 1.01. The Balaban J connectivity index is 3.20. The largest absolute Gasteiger partial charge is 0.328 e. The average molecular weight is 296 g/mol. The molecule has 0 rings (SSSR count). The van der Waals surface area contributed by atoms with Crippen LogP contribution in [0.1, 0.15) is 90.4 Å². The SMILES string of the molecule is CCCCCCCCCCCCCC[N+](C)(C)CCC#N. The van der Waals surface area contributed by atoms with Gasteiger partial charge in [0.1, 0.15) is 0 Å². The lowest BCUT2D eigenvalue weighted by Crippen LogP contribution is -2.41. The van der Waals surface area contributed by atoms with Crippen molar-refractivity contribution in [2.75, 3.05) is 27.2 Å². The van der Waals surface area contributed by atoms with Crippen molar-refractivity contribution < 1.29 is 4.48 Å². The fourth-order valence-electron chi connectivity index (χ4n) is 2.85. The maximum absolute atomic E-state index is 8.64. The molecule has 0 aromatic heterocycles. The zero-order chi connectivity index (χ0) is 15.8. The second-order valence-corrected chi connectivity index (χ2v) is 7.18. The minimum absolute atomic E-state index is 0.686. The first kappa shape index (κ1) is 20.5. The van der Waals surface area contributed by atoms with Crippen LogP contribution >= 0.6 is 0 Å². The van der Waals surface area contributed by atoms with Gasteiger partial charge in [0.15, 0.2) is 0 Å². The fraction of sp³-hybridized carbons (Fsp3) is 0.947. The maximum Gasteiger partial charge on any atom is 0.0914 e. The molecule has 0 heterocycles. The van der Waals surface area contributed by atoms with Crippen molar-refractivity contribution in [3.05, 3.63) is 0 Å². The number of nitrogens with zero attached hydrogens (tertiary/aromatic N) is 2. The molecular formula is C19H39N2+. The Morgan fingerprint density at radius 1 is 0.667 bits per heavy atom. The summed E-state index contributed by atoms with van der Waals surface area (Å²) in [4.78, 5) is 0. The third-order valence-electron chi connectivity index (χ3n) is 4.45. The van der Waals surface area contributed by atoms with Gasteiger partial charge in [-0.3, -0.25) is 0 Å². The van der Waals surface area contributed by atoms with Crippen molar-refractivity contribution in [1.29, 1.82) is 5.26 Å². The lowest BCUT2D eigenvalue weighted by atomic mass is 10.1. The minimum atomic E-state index is 0.686. The number of nitriles is 1. The summed E-state index contributed by atoms with van der Waals surface area (Å²) in [6.07, 6.45) is 17.6. The van der Waals surface area contributed by atoms with Crippen LogP contribution in [0, 0.1) is 11.3 Å². The van der Waals surface area contributed by atoms with E-state index in [9.17, 15) is 0 Å². The Hall–Kier alpha value is -0.550. The molecule has 0 amide bonds. The lowest BCUT2D eigenvalue weighted by Gasteiger charge is -2.28. The fourth-order valence-corrected chi connectivity index (χ4v) is 2.85. The molecular weight excluding hydrogens is 256 g/mol. The van der Waals surface area contributed by atoms with Crippen molar-refractivity contribution in [3.8, 4) is 6.07 Å². The van der Waals surface area contributed by atoms with Crippen molar-refractivity contribution in [1.82, 2.24) is 0 Å². The molecule has 0 N–H and O–H groups in total. The quantitative estimate of drug-likeness (QED) is 0.282. The Morgan fingerprint density at radius 2 is 1.10 bits per heavy atom. The Bertz CT molecular complexity index is 253. The second kappa shape index (κ2) is 14.4. The zero-order valence-electron chi connectivity index (χ0n) is 15.0. The molecule has 0 saturated heterocycles. The highest BCUT2D eigenvalue weighted by atomic mass is 15.3. The highest BCUT2D eigenvalue weighted by molar-refractivity contribution is 4.67. The molecule has 0 spiro atoms. The monoisotopic (exact) mass is 295 g/mol. The van der Waals surface area contributed by atoms with E-state index in [0.29, 0.717) is 6.42 Å². The molecule has 124 valence electrons. The molecule has 0 unspecified atom stereocenters. The number of hydrogen-bond donors (Lipinski definition) is 0. The Kier molecular flexibility index (Phi) is 14.0. The summed E-state index contributed by atoms with van der Waals surface area (Å²) in [5.74, 6) is 0. The van der Waals surface area contributed by atoms with Gasteiger partial charge in [-0.1, -0.05) is 71.1 Å². The van der Waals surface area contributed by atoms with Crippen LogP contribution in [0.5, 0.6) is 0 Å². The van der Waals surface area contributed by atoms with Crippen LogP contribution in [-0.4, -0.2) is 31.7 Å². The van der Waals surface area contributed by atoms with E-state index in [1.165, 1.54) is 83.6 Å². The van der Waals surface area contributed by atoms with E-state index in [2.05, 4.69) is 27.1 Å². The molecule has 0 atom stereocenters. The van der Waals surface area contributed by atoms with Crippen molar-refractivity contribution in [2.45, 2.75) is 90.4 Å². The number of rotatable bonds is 15. The standard InChI is InChI=1S/C19H39N2/c1-4-5-6-7-8-9-10-11-12-13-14-15-18-21(2,3)19-16-17-20/h4-16,18-19H2,1-3H3/q+1. The molecule has 2 heteroatoms. The third-order valence-corrected chi connectivity index (χ3v) is 4.45. The van der Waals surface area contributed by atoms with Crippen molar-refractivity contribution in [3.63, 3.8) is 0 Å². The molecule has 0 aromatic rings. The van der Waals surface area contributed by atoms with Gasteiger partial charge in [-0.25, -0.2) is 0 Å². The van der Waals surface area contributed by atoms with E-state index in [0.717, 1.165) is 11.0 Å². The van der Waals surface area contributed by atoms with Gasteiger partial charge in [-0.05, 0) is 12.8 Å². The third kappa shape index (κ3) is 15.7. The summed E-state index contributed by atoms with van der Waals surface area (Å²) in [5.41, 5.74) is 0. The predicted octanol–water partition coefficient (Wildman–Crippen LogP) is 5.68. The number of quaternary nitrogens is 1. The number of hydrogen-bond acceptors (Lipinski definition) is 1. The summed E-state index contributed by atoms with van der Waals surface area (Å²) in [7, 11) is 4.49.